The summed E-state index contributed by atoms with van der Waals surface area (Å²) >= 11 is 5.28. The maximum Gasteiger partial charge on any atom is 0.257 e. The van der Waals surface area contributed by atoms with Crippen LogP contribution < -0.4 is 10.6 Å². The van der Waals surface area contributed by atoms with Crippen LogP contribution in [0.15, 0.2) is 59.0 Å². The minimum atomic E-state index is -0.420. The van der Waals surface area contributed by atoms with Crippen LogP contribution in [0.3, 0.4) is 0 Å². The lowest BCUT2D eigenvalue weighted by Gasteiger charge is -2.12. The van der Waals surface area contributed by atoms with Crippen molar-refractivity contribution in [1.29, 1.82) is 0 Å². The summed E-state index contributed by atoms with van der Waals surface area (Å²) in [6.45, 7) is 6.00. The minimum Gasteiger partial charge on any atom is -0.436 e. The zero-order valence-corrected chi connectivity index (χ0v) is 18.1. The number of fused-ring (bicyclic) bond motifs is 1. The largest absolute Gasteiger partial charge is 0.436 e. The fourth-order valence-corrected chi connectivity index (χ4v) is 3.33. The minimum absolute atomic E-state index is 0.137. The zero-order chi connectivity index (χ0) is 22.1. The van der Waals surface area contributed by atoms with Crippen LogP contribution in [0.5, 0.6) is 0 Å². The molecule has 0 aliphatic carbocycles. The highest BCUT2D eigenvalue weighted by atomic mass is 32.1. The molecule has 1 amide bonds. The molecule has 0 fully saturated rings. The Bertz CT molecular complexity index is 1270. The number of nitrogens with one attached hydrogen (secondary N) is 2. The van der Waals surface area contributed by atoms with Gasteiger partial charge >= 0.3 is 0 Å². The normalized spacial score (nSPS) is 10.8. The third-order valence-electron chi connectivity index (χ3n) is 5.07. The second-order valence-corrected chi connectivity index (χ2v) is 7.78. The summed E-state index contributed by atoms with van der Waals surface area (Å²) < 4.78 is 19.0. The highest BCUT2D eigenvalue weighted by Crippen LogP contribution is 2.29. The number of rotatable bonds is 3. The molecule has 3 aromatic carbocycles. The van der Waals surface area contributed by atoms with Crippen molar-refractivity contribution >= 4 is 40.0 Å². The lowest BCUT2D eigenvalue weighted by molar-refractivity contribution is 0.0977. The maximum absolute atomic E-state index is 13.0. The Labute approximate surface area is 184 Å². The lowest BCUT2D eigenvalue weighted by Crippen LogP contribution is -2.34. The number of benzene rings is 3. The maximum atomic E-state index is 13.0. The molecule has 0 aliphatic rings. The van der Waals surface area contributed by atoms with Crippen LogP contribution in [0.25, 0.3) is 22.6 Å². The van der Waals surface area contributed by atoms with Crippen molar-refractivity contribution in [2.75, 3.05) is 5.32 Å². The van der Waals surface area contributed by atoms with Crippen molar-refractivity contribution in [2.45, 2.75) is 20.8 Å². The first-order valence-electron chi connectivity index (χ1n) is 9.67. The molecule has 0 unspecified atom stereocenters. The summed E-state index contributed by atoms with van der Waals surface area (Å²) in [6.07, 6.45) is 0. The molecule has 31 heavy (non-hydrogen) atoms. The molecule has 0 atom stereocenters. The fourth-order valence-electron chi connectivity index (χ4n) is 3.12. The summed E-state index contributed by atoms with van der Waals surface area (Å²) in [6, 6.07) is 14.9. The molecule has 156 valence electrons. The van der Waals surface area contributed by atoms with Gasteiger partial charge in [0, 0.05) is 16.8 Å². The van der Waals surface area contributed by atoms with E-state index >= 15 is 0 Å². The number of halogens is 1. The predicted molar refractivity (Wildman–Crippen MR) is 124 cm³/mol. The average Bonchev–Trinajstić information content (AvgIpc) is 3.13. The molecular weight excluding hydrogens is 413 g/mol. The molecule has 0 aliphatic heterocycles. The molecule has 0 saturated carbocycles. The number of aromatic nitrogens is 1. The number of nitrogens with zero attached hydrogens (tertiary/aromatic N) is 1. The van der Waals surface area contributed by atoms with E-state index in [0.717, 1.165) is 39.0 Å². The fraction of sp³-hybridized carbons (Fsp3) is 0.125. The van der Waals surface area contributed by atoms with Crippen LogP contribution in [-0.4, -0.2) is 16.0 Å². The average molecular weight is 434 g/mol. The van der Waals surface area contributed by atoms with E-state index in [-0.39, 0.29) is 5.11 Å². The van der Waals surface area contributed by atoms with Gasteiger partial charge in [0.1, 0.15) is 11.3 Å². The van der Waals surface area contributed by atoms with E-state index in [9.17, 15) is 9.18 Å². The van der Waals surface area contributed by atoms with Gasteiger partial charge in [-0.2, -0.15) is 0 Å². The third-order valence-corrected chi connectivity index (χ3v) is 5.27. The first-order valence-corrected chi connectivity index (χ1v) is 10.1. The number of carbonyl (C=O) groups excluding carboxylic acids is 1. The van der Waals surface area contributed by atoms with Gasteiger partial charge in [0.05, 0.1) is 0 Å². The first-order chi connectivity index (χ1) is 14.8. The number of amides is 1. The van der Waals surface area contributed by atoms with Crippen LogP contribution in [0, 0.1) is 26.6 Å². The summed E-state index contributed by atoms with van der Waals surface area (Å²) in [5, 5.41) is 5.78. The van der Waals surface area contributed by atoms with Crippen molar-refractivity contribution in [3.8, 4) is 11.5 Å². The number of oxazole rings is 1. The van der Waals surface area contributed by atoms with Crippen LogP contribution in [0.4, 0.5) is 10.1 Å². The number of anilines is 1. The number of hydrogen-bond acceptors (Lipinski definition) is 4. The van der Waals surface area contributed by atoms with Gasteiger partial charge in [-0.25, -0.2) is 9.37 Å². The van der Waals surface area contributed by atoms with Gasteiger partial charge in [-0.15, -0.1) is 0 Å². The molecule has 4 rings (SSSR count). The first kappa shape index (κ1) is 20.7. The second-order valence-electron chi connectivity index (χ2n) is 7.37. The van der Waals surface area contributed by atoms with E-state index in [1.807, 2.05) is 51.1 Å². The van der Waals surface area contributed by atoms with E-state index in [1.165, 1.54) is 24.3 Å². The van der Waals surface area contributed by atoms with Crippen molar-refractivity contribution in [3.05, 3.63) is 82.7 Å². The quantitative estimate of drug-likeness (QED) is 0.407. The van der Waals surface area contributed by atoms with E-state index in [2.05, 4.69) is 15.6 Å². The monoisotopic (exact) mass is 433 g/mol. The van der Waals surface area contributed by atoms with E-state index < -0.39 is 11.7 Å². The van der Waals surface area contributed by atoms with Gasteiger partial charge < -0.3 is 9.73 Å². The van der Waals surface area contributed by atoms with Crippen LogP contribution in [-0.2, 0) is 0 Å². The topological polar surface area (TPSA) is 67.2 Å². The highest BCUT2D eigenvalue weighted by molar-refractivity contribution is 7.80. The molecule has 7 heteroatoms. The molecule has 5 nitrogen and oxygen atoms in total. The van der Waals surface area contributed by atoms with Gasteiger partial charge in [0.25, 0.3) is 5.91 Å². The van der Waals surface area contributed by atoms with Crippen LogP contribution >= 0.6 is 12.2 Å². The standard InChI is InChI=1S/C24H20FN3O2S/c1-13-4-5-17(23-26-20-10-14(2)15(3)11-21(20)30-23)12-19(13)27-24(31)28-22(29)16-6-8-18(25)9-7-16/h4-12H,1-3H3,(H2,27,28,29,31). The summed E-state index contributed by atoms with van der Waals surface area (Å²) in [5.74, 6) is -0.325. The smallest absolute Gasteiger partial charge is 0.257 e. The Hall–Kier alpha value is -3.58. The Morgan fingerprint density at radius 1 is 0.968 bits per heavy atom. The van der Waals surface area contributed by atoms with Gasteiger partial charge in [-0.1, -0.05) is 6.07 Å². The van der Waals surface area contributed by atoms with Gasteiger partial charge in [-0.3, -0.25) is 10.1 Å². The molecule has 1 heterocycles. The Morgan fingerprint density at radius 3 is 2.42 bits per heavy atom. The van der Waals surface area contributed by atoms with E-state index in [0.29, 0.717) is 11.5 Å². The highest BCUT2D eigenvalue weighted by Gasteiger charge is 2.13. The number of carbonyl (C=O) groups is 1. The molecule has 0 spiro atoms. The van der Waals surface area contributed by atoms with Crippen molar-refractivity contribution in [2.24, 2.45) is 0 Å². The Morgan fingerprint density at radius 2 is 1.68 bits per heavy atom. The Kier molecular flexibility index (Phi) is 5.52. The van der Waals surface area contributed by atoms with Crippen molar-refractivity contribution in [3.63, 3.8) is 0 Å². The number of aryl methyl sites for hydroxylation is 3. The van der Waals surface area contributed by atoms with Gasteiger partial charge in [0.15, 0.2) is 10.7 Å². The summed E-state index contributed by atoms with van der Waals surface area (Å²) in [5.41, 5.74) is 6.58. The predicted octanol–water partition coefficient (Wildman–Crippen LogP) is 5.69. The van der Waals surface area contributed by atoms with Crippen LogP contribution in [0.2, 0.25) is 0 Å². The van der Waals surface area contributed by atoms with Crippen molar-refractivity contribution in [1.82, 2.24) is 10.3 Å². The second kappa shape index (κ2) is 8.28. The molecule has 0 saturated heterocycles. The molecule has 4 aromatic rings. The van der Waals surface area contributed by atoms with E-state index in [4.69, 9.17) is 16.6 Å². The van der Waals surface area contributed by atoms with Crippen molar-refractivity contribution < 1.29 is 13.6 Å². The molecular formula is C24H20FN3O2S. The Balaban J connectivity index is 1.54. The van der Waals surface area contributed by atoms with E-state index in [1.54, 1.807) is 0 Å². The van der Waals surface area contributed by atoms with Gasteiger partial charge in [0.2, 0.25) is 5.89 Å². The van der Waals surface area contributed by atoms with Gasteiger partial charge in [-0.05, 0) is 98.2 Å². The number of thiocarbonyl (C=S) groups is 1. The summed E-state index contributed by atoms with van der Waals surface area (Å²) in [7, 11) is 0. The lowest BCUT2D eigenvalue weighted by atomic mass is 10.1. The SMILES string of the molecule is Cc1cc2nc(-c3ccc(C)c(NC(=S)NC(=O)c4ccc(F)cc4)c3)oc2cc1C. The zero-order valence-electron chi connectivity index (χ0n) is 17.2. The van der Waals surface area contributed by atoms with Crippen LogP contribution in [0.1, 0.15) is 27.0 Å². The third kappa shape index (κ3) is 4.46. The molecule has 0 radical (unpaired) electrons. The number of hydrogen-bond donors (Lipinski definition) is 2. The molecule has 0 bridgehead atoms. The molecule has 1 aromatic heterocycles. The summed E-state index contributed by atoms with van der Waals surface area (Å²) in [4.78, 5) is 16.9. The molecule has 2 N–H and O–H groups in total.